The zero-order valence-electron chi connectivity index (χ0n) is 8.92. The van der Waals surface area contributed by atoms with Crippen molar-refractivity contribution in [2.75, 3.05) is 18.8 Å². The van der Waals surface area contributed by atoms with Crippen LogP contribution in [0.15, 0.2) is 10.9 Å². The Bertz CT molecular complexity index is 376. The molecule has 7 nitrogen and oxygen atoms in total. The highest BCUT2D eigenvalue weighted by Crippen LogP contribution is 1.95. The fourth-order valence-corrected chi connectivity index (χ4v) is 2.27. The lowest BCUT2D eigenvalue weighted by Crippen LogP contribution is -2.28. The second-order valence-corrected chi connectivity index (χ2v) is 5.22. The quantitative estimate of drug-likeness (QED) is 0.587. The third-order valence-corrected chi connectivity index (χ3v) is 3.41. The monoisotopic (exact) mass is 248 g/mol. The number of unbranched alkanes of at least 4 members (excludes halogenated alkanes) is 1. The van der Waals surface area contributed by atoms with Crippen molar-refractivity contribution in [1.29, 1.82) is 0 Å². The maximum absolute atomic E-state index is 11.4. The molecule has 0 radical (unpaired) electrons. The number of nitrogens with two attached hydrogens (primary N) is 1. The van der Waals surface area contributed by atoms with Gasteiger partial charge in [0.15, 0.2) is 6.33 Å². The van der Waals surface area contributed by atoms with Crippen LogP contribution in [-0.2, 0) is 16.4 Å². The van der Waals surface area contributed by atoms with Gasteiger partial charge < -0.3 is 10.3 Å². The van der Waals surface area contributed by atoms with Gasteiger partial charge >= 0.3 is 0 Å². The first kappa shape index (κ1) is 13.1. The van der Waals surface area contributed by atoms with Gasteiger partial charge in [0.1, 0.15) is 0 Å². The SMILES string of the molecule is NCCCCS(=O)(=O)NCCc1ncno1. The largest absolute Gasteiger partial charge is 0.340 e. The number of aromatic nitrogens is 2. The molecular weight excluding hydrogens is 232 g/mol. The van der Waals surface area contributed by atoms with E-state index in [4.69, 9.17) is 10.3 Å². The molecule has 0 aliphatic heterocycles. The smallest absolute Gasteiger partial charge is 0.227 e. The number of nitrogens with one attached hydrogen (secondary N) is 1. The molecule has 92 valence electrons. The Kier molecular flexibility index (Phi) is 5.36. The van der Waals surface area contributed by atoms with Crippen LogP contribution in [0.2, 0.25) is 0 Å². The van der Waals surface area contributed by atoms with Gasteiger partial charge in [0.25, 0.3) is 0 Å². The summed E-state index contributed by atoms with van der Waals surface area (Å²) in [6, 6.07) is 0. The van der Waals surface area contributed by atoms with Gasteiger partial charge in [0.2, 0.25) is 15.9 Å². The molecule has 0 atom stereocenters. The van der Waals surface area contributed by atoms with Crippen molar-refractivity contribution in [3.63, 3.8) is 0 Å². The third-order valence-electron chi connectivity index (χ3n) is 1.93. The molecule has 0 aliphatic carbocycles. The fraction of sp³-hybridized carbons (Fsp3) is 0.750. The normalized spacial score (nSPS) is 11.8. The number of hydrogen-bond acceptors (Lipinski definition) is 6. The van der Waals surface area contributed by atoms with Gasteiger partial charge in [-0.1, -0.05) is 5.16 Å². The Balaban J connectivity index is 2.20. The molecule has 1 rings (SSSR count). The van der Waals surface area contributed by atoms with Crippen molar-refractivity contribution < 1.29 is 12.9 Å². The van der Waals surface area contributed by atoms with Gasteiger partial charge in [0, 0.05) is 13.0 Å². The second-order valence-electron chi connectivity index (χ2n) is 3.29. The van der Waals surface area contributed by atoms with Crippen molar-refractivity contribution in [2.24, 2.45) is 5.73 Å². The van der Waals surface area contributed by atoms with Crippen LogP contribution in [0.25, 0.3) is 0 Å². The van der Waals surface area contributed by atoms with E-state index in [0.29, 0.717) is 31.7 Å². The average Bonchev–Trinajstić information content (AvgIpc) is 2.70. The van der Waals surface area contributed by atoms with Crippen LogP contribution in [0.1, 0.15) is 18.7 Å². The van der Waals surface area contributed by atoms with Gasteiger partial charge in [-0.05, 0) is 19.4 Å². The highest BCUT2D eigenvalue weighted by Gasteiger charge is 2.09. The number of hydrogen-bond donors (Lipinski definition) is 2. The highest BCUT2D eigenvalue weighted by molar-refractivity contribution is 7.89. The molecule has 3 N–H and O–H groups in total. The molecule has 0 aliphatic rings. The molecular formula is C8H16N4O3S. The van der Waals surface area contributed by atoms with Crippen LogP contribution in [0.3, 0.4) is 0 Å². The molecule has 0 spiro atoms. The summed E-state index contributed by atoms with van der Waals surface area (Å²) in [5, 5.41) is 3.42. The van der Waals surface area contributed by atoms with E-state index in [1.165, 1.54) is 6.33 Å². The highest BCUT2D eigenvalue weighted by atomic mass is 32.2. The first-order valence-electron chi connectivity index (χ1n) is 5.07. The molecule has 0 saturated carbocycles. The molecule has 1 heterocycles. The zero-order valence-corrected chi connectivity index (χ0v) is 9.74. The average molecular weight is 248 g/mol. The molecule has 8 heteroatoms. The number of sulfonamides is 1. The maximum Gasteiger partial charge on any atom is 0.227 e. The van der Waals surface area contributed by atoms with Crippen molar-refractivity contribution in [3.8, 4) is 0 Å². The van der Waals surface area contributed by atoms with Crippen LogP contribution in [0.5, 0.6) is 0 Å². The summed E-state index contributed by atoms with van der Waals surface area (Å²) in [5.41, 5.74) is 5.28. The minimum atomic E-state index is -3.20. The van der Waals surface area contributed by atoms with E-state index in [-0.39, 0.29) is 12.3 Å². The van der Waals surface area contributed by atoms with Crippen LogP contribution < -0.4 is 10.5 Å². The number of nitrogens with zero attached hydrogens (tertiary/aromatic N) is 2. The van der Waals surface area contributed by atoms with E-state index in [9.17, 15) is 8.42 Å². The molecule has 0 unspecified atom stereocenters. The summed E-state index contributed by atoms with van der Waals surface area (Å²) in [4.78, 5) is 3.78. The lowest BCUT2D eigenvalue weighted by molar-refractivity contribution is 0.377. The topological polar surface area (TPSA) is 111 Å². The van der Waals surface area contributed by atoms with Crippen LogP contribution in [0, 0.1) is 0 Å². The molecule has 0 aromatic carbocycles. The summed E-state index contributed by atoms with van der Waals surface area (Å²) in [6.45, 7) is 0.782. The Morgan fingerprint density at radius 2 is 2.25 bits per heavy atom. The van der Waals surface area contributed by atoms with E-state index in [1.807, 2.05) is 0 Å². The first-order valence-corrected chi connectivity index (χ1v) is 6.72. The van der Waals surface area contributed by atoms with Crippen LogP contribution in [-0.4, -0.2) is 37.4 Å². The van der Waals surface area contributed by atoms with Crippen LogP contribution >= 0.6 is 0 Å². The lowest BCUT2D eigenvalue weighted by Gasteiger charge is -2.04. The molecule has 0 fully saturated rings. The van der Waals surface area contributed by atoms with E-state index in [0.717, 1.165) is 0 Å². The fourth-order valence-electron chi connectivity index (χ4n) is 1.13. The minimum absolute atomic E-state index is 0.105. The van der Waals surface area contributed by atoms with Gasteiger partial charge in [-0.15, -0.1) is 0 Å². The summed E-state index contributed by atoms with van der Waals surface area (Å²) in [7, 11) is -3.20. The van der Waals surface area contributed by atoms with Gasteiger partial charge in [-0.3, -0.25) is 0 Å². The predicted molar refractivity (Wildman–Crippen MR) is 58.1 cm³/mol. The molecule has 16 heavy (non-hydrogen) atoms. The van der Waals surface area contributed by atoms with Crippen molar-refractivity contribution in [2.45, 2.75) is 19.3 Å². The predicted octanol–water partition coefficient (Wildman–Crippen LogP) is -0.730. The summed E-state index contributed by atoms with van der Waals surface area (Å²) in [5.74, 6) is 0.526. The standard InChI is InChI=1S/C8H16N4O3S/c9-4-1-2-6-16(13,14)12-5-3-8-10-7-11-15-8/h7,12H,1-6,9H2. The summed E-state index contributed by atoms with van der Waals surface area (Å²) in [6.07, 6.45) is 2.97. The van der Waals surface area contributed by atoms with E-state index in [2.05, 4.69) is 14.9 Å². The Labute approximate surface area is 94.5 Å². The van der Waals surface area contributed by atoms with Gasteiger partial charge in [0.05, 0.1) is 5.75 Å². The zero-order chi connectivity index (χ0) is 11.9. The van der Waals surface area contributed by atoms with E-state index in [1.54, 1.807) is 0 Å². The van der Waals surface area contributed by atoms with Crippen molar-refractivity contribution in [1.82, 2.24) is 14.9 Å². The molecule has 1 aromatic heterocycles. The molecule has 0 amide bonds. The Morgan fingerprint density at radius 1 is 1.44 bits per heavy atom. The summed E-state index contributed by atoms with van der Waals surface area (Å²) < 4.78 is 30.0. The van der Waals surface area contributed by atoms with Gasteiger partial charge in [-0.2, -0.15) is 4.98 Å². The van der Waals surface area contributed by atoms with E-state index < -0.39 is 10.0 Å². The van der Waals surface area contributed by atoms with Crippen molar-refractivity contribution in [3.05, 3.63) is 12.2 Å². The first-order chi connectivity index (χ1) is 7.64. The molecule has 1 aromatic rings. The minimum Gasteiger partial charge on any atom is -0.340 e. The Hall–Kier alpha value is -0.990. The second kappa shape index (κ2) is 6.56. The summed E-state index contributed by atoms with van der Waals surface area (Å²) >= 11 is 0. The number of rotatable bonds is 8. The maximum atomic E-state index is 11.4. The lowest BCUT2D eigenvalue weighted by atomic mass is 10.3. The third kappa shape index (κ3) is 5.19. The van der Waals surface area contributed by atoms with Crippen molar-refractivity contribution >= 4 is 10.0 Å². The molecule has 0 saturated heterocycles. The molecule has 0 bridgehead atoms. The Morgan fingerprint density at radius 3 is 2.88 bits per heavy atom. The van der Waals surface area contributed by atoms with Crippen LogP contribution in [0.4, 0.5) is 0 Å². The van der Waals surface area contributed by atoms with Gasteiger partial charge in [-0.25, -0.2) is 13.1 Å². The van der Waals surface area contributed by atoms with E-state index >= 15 is 0 Å².